The average Bonchev–Trinajstić information content (AvgIpc) is 3.11. The van der Waals surface area contributed by atoms with Crippen LogP contribution in [0.5, 0.6) is 0 Å². The summed E-state index contributed by atoms with van der Waals surface area (Å²) in [5, 5.41) is 7.00. The molecule has 0 atom stereocenters. The van der Waals surface area contributed by atoms with Gasteiger partial charge in [-0.05, 0) is 30.0 Å². The molecular formula is C18H25IN4S. The van der Waals surface area contributed by atoms with Gasteiger partial charge in [0.2, 0.25) is 0 Å². The highest BCUT2D eigenvalue weighted by atomic mass is 127. The highest BCUT2D eigenvalue weighted by molar-refractivity contribution is 14.0. The molecule has 1 aliphatic heterocycles. The Morgan fingerprint density at radius 1 is 1.17 bits per heavy atom. The van der Waals surface area contributed by atoms with E-state index in [0.29, 0.717) is 0 Å². The molecule has 24 heavy (non-hydrogen) atoms. The van der Waals surface area contributed by atoms with Crippen LogP contribution in [-0.2, 0) is 6.54 Å². The van der Waals surface area contributed by atoms with Crippen LogP contribution in [0.3, 0.4) is 0 Å². The maximum Gasteiger partial charge on any atom is 0.194 e. The van der Waals surface area contributed by atoms with Gasteiger partial charge < -0.3 is 15.1 Å². The summed E-state index contributed by atoms with van der Waals surface area (Å²) in [6.07, 6.45) is 0. The second-order valence-electron chi connectivity index (χ2n) is 5.82. The first-order valence-electron chi connectivity index (χ1n) is 8.06. The number of aliphatic imine (C=N–C) groups is 1. The lowest BCUT2D eigenvalue weighted by molar-refractivity contribution is 0.373. The molecule has 1 saturated heterocycles. The van der Waals surface area contributed by atoms with Crippen LogP contribution in [0.15, 0.2) is 46.8 Å². The monoisotopic (exact) mass is 456 g/mol. The Morgan fingerprint density at radius 2 is 1.96 bits per heavy atom. The molecule has 1 N–H and O–H groups in total. The van der Waals surface area contributed by atoms with E-state index < -0.39 is 0 Å². The van der Waals surface area contributed by atoms with Crippen molar-refractivity contribution in [2.24, 2.45) is 4.99 Å². The topological polar surface area (TPSA) is 30.9 Å². The highest BCUT2D eigenvalue weighted by Crippen LogP contribution is 2.22. The van der Waals surface area contributed by atoms with Crippen LogP contribution in [0.2, 0.25) is 0 Å². The van der Waals surface area contributed by atoms with Gasteiger partial charge in [-0.3, -0.25) is 4.99 Å². The Labute approximate surface area is 165 Å². The zero-order valence-corrected chi connectivity index (χ0v) is 17.4. The lowest BCUT2D eigenvalue weighted by Crippen LogP contribution is -2.52. The van der Waals surface area contributed by atoms with Crippen LogP contribution in [0.4, 0.5) is 5.00 Å². The van der Waals surface area contributed by atoms with Crippen molar-refractivity contribution in [2.45, 2.75) is 13.5 Å². The van der Waals surface area contributed by atoms with Gasteiger partial charge in [-0.2, -0.15) is 0 Å². The van der Waals surface area contributed by atoms with E-state index in [9.17, 15) is 0 Å². The first-order valence-corrected chi connectivity index (χ1v) is 8.94. The zero-order valence-electron chi connectivity index (χ0n) is 14.2. The standard InChI is InChI=1S/C18H24N4S.HI/c1-15-5-3-6-16(13-15)14-20-18(19-2)22-10-8-21(9-11-22)17-7-4-12-23-17;/h3-7,12-13H,8-11,14H2,1-2H3,(H,19,20);1H. The van der Waals surface area contributed by atoms with Crippen molar-refractivity contribution in [3.8, 4) is 0 Å². The number of thiophene rings is 1. The summed E-state index contributed by atoms with van der Waals surface area (Å²) in [6, 6.07) is 12.9. The average molecular weight is 456 g/mol. The fraction of sp³-hybridized carbons (Fsp3) is 0.389. The number of halogens is 1. The van der Waals surface area contributed by atoms with E-state index in [1.165, 1.54) is 16.1 Å². The number of guanidine groups is 1. The summed E-state index contributed by atoms with van der Waals surface area (Å²) in [7, 11) is 1.87. The van der Waals surface area contributed by atoms with Gasteiger partial charge in [0.1, 0.15) is 0 Å². The van der Waals surface area contributed by atoms with Crippen molar-refractivity contribution in [3.05, 3.63) is 52.9 Å². The second kappa shape index (κ2) is 9.27. The van der Waals surface area contributed by atoms with E-state index >= 15 is 0 Å². The smallest absolute Gasteiger partial charge is 0.194 e. The van der Waals surface area contributed by atoms with Crippen molar-refractivity contribution in [2.75, 3.05) is 38.1 Å². The molecule has 6 heteroatoms. The van der Waals surface area contributed by atoms with E-state index in [1.807, 2.05) is 18.4 Å². The molecule has 0 amide bonds. The Balaban J connectivity index is 0.00000208. The molecule has 1 aromatic heterocycles. The van der Waals surface area contributed by atoms with Crippen LogP contribution >= 0.6 is 35.3 Å². The molecule has 3 rings (SSSR count). The molecule has 0 unspecified atom stereocenters. The van der Waals surface area contributed by atoms with E-state index in [-0.39, 0.29) is 24.0 Å². The largest absolute Gasteiger partial charge is 0.360 e. The third-order valence-corrected chi connectivity index (χ3v) is 5.07. The number of nitrogens with zero attached hydrogens (tertiary/aromatic N) is 3. The number of piperazine rings is 1. The van der Waals surface area contributed by atoms with Crippen LogP contribution in [0.25, 0.3) is 0 Å². The lowest BCUT2D eigenvalue weighted by atomic mass is 10.1. The first kappa shape index (κ1) is 19.1. The van der Waals surface area contributed by atoms with Crippen molar-refractivity contribution in [1.82, 2.24) is 10.2 Å². The Hall–Kier alpha value is -1.28. The number of rotatable bonds is 3. The van der Waals surface area contributed by atoms with Gasteiger partial charge in [0.25, 0.3) is 0 Å². The summed E-state index contributed by atoms with van der Waals surface area (Å²) in [6.45, 7) is 7.05. The number of benzene rings is 1. The predicted molar refractivity (Wildman–Crippen MR) is 115 cm³/mol. The van der Waals surface area contributed by atoms with Crippen LogP contribution in [-0.4, -0.2) is 44.1 Å². The van der Waals surface area contributed by atoms with Crippen LogP contribution < -0.4 is 10.2 Å². The van der Waals surface area contributed by atoms with Crippen LogP contribution in [0.1, 0.15) is 11.1 Å². The van der Waals surface area contributed by atoms with Gasteiger partial charge >= 0.3 is 0 Å². The summed E-state index contributed by atoms with van der Waals surface area (Å²) in [4.78, 5) is 9.25. The molecule has 0 aliphatic carbocycles. The molecule has 1 aromatic carbocycles. The number of anilines is 1. The van der Waals surface area contributed by atoms with Gasteiger partial charge in [0, 0.05) is 39.8 Å². The molecule has 0 radical (unpaired) electrons. The molecule has 130 valence electrons. The minimum atomic E-state index is 0. The molecule has 2 aromatic rings. The molecule has 1 fully saturated rings. The first-order chi connectivity index (χ1) is 11.3. The third-order valence-electron chi connectivity index (χ3n) is 4.14. The minimum Gasteiger partial charge on any atom is -0.360 e. The molecule has 0 bridgehead atoms. The quantitative estimate of drug-likeness (QED) is 0.435. The van der Waals surface area contributed by atoms with E-state index in [0.717, 1.165) is 38.7 Å². The molecule has 4 nitrogen and oxygen atoms in total. The van der Waals surface area contributed by atoms with E-state index in [2.05, 4.69) is 68.8 Å². The van der Waals surface area contributed by atoms with Crippen molar-refractivity contribution < 1.29 is 0 Å². The summed E-state index contributed by atoms with van der Waals surface area (Å²) >= 11 is 1.82. The van der Waals surface area contributed by atoms with Crippen molar-refractivity contribution in [1.29, 1.82) is 0 Å². The molecule has 1 aliphatic rings. The SMILES string of the molecule is CN=C(NCc1cccc(C)c1)N1CCN(c2cccs2)CC1.I. The van der Waals surface area contributed by atoms with E-state index in [1.54, 1.807) is 0 Å². The second-order valence-corrected chi connectivity index (χ2v) is 6.74. The molecule has 0 spiro atoms. The fourth-order valence-electron chi connectivity index (χ4n) is 2.92. The van der Waals surface area contributed by atoms with Gasteiger partial charge in [0.15, 0.2) is 5.96 Å². The Bertz CT molecular complexity index is 649. The molecule has 2 heterocycles. The number of nitrogens with one attached hydrogen (secondary N) is 1. The van der Waals surface area contributed by atoms with E-state index in [4.69, 9.17) is 0 Å². The number of aryl methyl sites for hydroxylation is 1. The van der Waals surface area contributed by atoms with Gasteiger partial charge in [-0.15, -0.1) is 35.3 Å². The normalized spacial score (nSPS) is 15.2. The number of hydrogen-bond donors (Lipinski definition) is 1. The highest BCUT2D eigenvalue weighted by Gasteiger charge is 2.20. The van der Waals surface area contributed by atoms with Crippen LogP contribution in [0, 0.1) is 6.92 Å². The Kier molecular flexibility index (Phi) is 7.36. The summed E-state index contributed by atoms with van der Waals surface area (Å²) in [5.74, 6) is 0.998. The molecular weight excluding hydrogens is 431 g/mol. The fourth-order valence-corrected chi connectivity index (χ4v) is 3.71. The maximum absolute atomic E-state index is 4.45. The summed E-state index contributed by atoms with van der Waals surface area (Å²) < 4.78 is 0. The predicted octanol–water partition coefficient (Wildman–Crippen LogP) is 3.57. The van der Waals surface area contributed by atoms with Gasteiger partial charge in [-0.1, -0.05) is 29.8 Å². The molecule has 0 saturated carbocycles. The minimum absolute atomic E-state index is 0. The maximum atomic E-state index is 4.45. The lowest BCUT2D eigenvalue weighted by Gasteiger charge is -2.37. The Morgan fingerprint density at radius 3 is 2.58 bits per heavy atom. The van der Waals surface area contributed by atoms with Crippen molar-refractivity contribution in [3.63, 3.8) is 0 Å². The van der Waals surface area contributed by atoms with Gasteiger partial charge in [0.05, 0.1) is 5.00 Å². The van der Waals surface area contributed by atoms with Crippen molar-refractivity contribution >= 4 is 46.3 Å². The number of hydrogen-bond acceptors (Lipinski definition) is 3. The summed E-state index contributed by atoms with van der Waals surface area (Å²) in [5.41, 5.74) is 2.59. The third kappa shape index (κ3) is 4.86. The zero-order chi connectivity index (χ0) is 16.1. The van der Waals surface area contributed by atoms with Gasteiger partial charge in [-0.25, -0.2) is 0 Å².